The Labute approximate surface area is 125 Å². The van der Waals surface area contributed by atoms with E-state index in [9.17, 15) is 0 Å². The van der Waals surface area contributed by atoms with Crippen molar-refractivity contribution in [2.45, 2.75) is 18.7 Å². The van der Waals surface area contributed by atoms with Gasteiger partial charge in [0.1, 0.15) is 5.75 Å². The molecule has 0 spiro atoms. The lowest BCUT2D eigenvalue weighted by Gasteiger charge is -2.12. The Morgan fingerprint density at radius 3 is 2.78 bits per heavy atom. The van der Waals surface area contributed by atoms with Crippen molar-refractivity contribution in [2.75, 3.05) is 6.61 Å². The van der Waals surface area contributed by atoms with Crippen molar-refractivity contribution in [1.29, 1.82) is 0 Å². The molecule has 0 amide bonds. The first kappa shape index (κ1) is 13.9. The number of benzene rings is 1. The minimum atomic E-state index is -0.104. The average molecular weight is 346 g/mol. The van der Waals surface area contributed by atoms with Crippen LogP contribution in [0.15, 0.2) is 39.5 Å². The number of rotatable bonds is 5. The van der Waals surface area contributed by atoms with Crippen molar-refractivity contribution in [3.63, 3.8) is 0 Å². The first-order chi connectivity index (χ1) is 8.72. The zero-order valence-corrected chi connectivity index (χ0v) is 13.2. The van der Waals surface area contributed by atoms with Crippen LogP contribution >= 0.6 is 38.9 Å². The fourth-order valence-corrected chi connectivity index (χ4v) is 3.16. The van der Waals surface area contributed by atoms with E-state index >= 15 is 0 Å². The van der Waals surface area contributed by atoms with E-state index in [1.807, 2.05) is 23.6 Å². The van der Waals surface area contributed by atoms with Crippen LogP contribution in [0.3, 0.4) is 0 Å². The first-order valence-electron chi connectivity index (χ1n) is 5.80. The molecule has 1 unspecified atom stereocenters. The van der Waals surface area contributed by atoms with Crippen LogP contribution in [0.2, 0.25) is 0 Å². The van der Waals surface area contributed by atoms with Gasteiger partial charge in [0.2, 0.25) is 0 Å². The molecule has 0 bridgehead atoms. The number of ether oxygens (including phenoxy) is 1. The molecule has 0 aliphatic carbocycles. The van der Waals surface area contributed by atoms with Gasteiger partial charge in [-0.25, -0.2) is 0 Å². The highest BCUT2D eigenvalue weighted by Crippen LogP contribution is 2.34. The van der Waals surface area contributed by atoms with E-state index in [2.05, 4.69) is 34.3 Å². The summed E-state index contributed by atoms with van der Waals surface area (Å²) in [5.74, 6) is 0.870. The zero-order chi connectivity index (χ0) is 13.0. The summed E-state index contributed by atoms with van der Waals surface area (Å²) in [6.07, 6.45) is 1.00. The average Bonchev–Trinajstić information content (AvgIpc) is 2.90. The van der Waals surface area contributed by atoms with Gasteiger partial charge in [0.05, 0.1) is 16.5 Å². The van der Waals surface area contributed by atoms with Crippen LogP contribution in [0.5, 0.6) is 5.75 Å². The number of halogens is 2. The summed E-state index contributed by atoms with van der Waals surface area (Å²) >= 11 is 11.6. The lowest BCUT2D eigenvalue weighted by atomic mass is 10.1. The maximum atomic E-state index is 6.45. The highest BCUT2D eigenvalue weighted by molar-refractivity contribution is 9.10. The standard InChI is InChI=1S/C14H14BrClOS/c1-2-6-17-13-4-3-10(8-12(13)15)14(16)11-5-7-18-9-11/h3-5,7-9,14H,2,6H2,1H3. The van der Waals surface area contributed by atoms with E-state index in [4.69, 9.17) is 16.3 Å². The molecule has 4 heteroatoms. The van der Waals surface area contributed by atoms with Crippen LogP contribution in [-0.2, 0) is 0 Å². The monoisotopic (exact) mass is 344 g/mol. The van der Waals surface area contributed by atoms with Crippen molar-refractivity contribution < 1.29 is 4.74 Å². The highest BCUT2D eigenvalue weighted by atomic mass is 79.9. The Hall–Kier alpha value is -0.510. The van der Waals surface area contributed by atoms with Gasteiger partial charge in [0.15, 0.2) is 0 Å². The molecule has 0 saturated carbocycles. The van der Waals surface area contributed by atoms with Crippen LogP contribution in [0.1, 0.15) is 29.8 Å². The number of hydrogen-bond donors (Lipinski definition) is 0. The molecule has 18 heavy (non-hydrogen) atoms. The molecule has 1 nitrogen and oxygen atoms in total. The smallest absolute Gasteiger partial charge is 0.133 e. The summed E-state index contributed by atoms with van der Waals surface area (Å²) in [7, 11) is 0. The predicted molar refractivity (Wildman–Crippen MR) is 81.9 cm³/mol. The maximum Gasteiger partial charge on any atom is 0.133 e. The van der Waals surface area contributed by atoms with Gasteiger partial charge in [0, 0.05) is 0 Å². The third kappa shape index (κ3) is 3.28. The summed E-state index contributed by atoms with van der Waals surface area (Å²) in [6, 6.07) is 8.07. The normalized spacial score (nSPS) is 12.4. The Bertz CT molecular complexity index is 499. The number of thiophene rings is 1. The van der Waals surface area contributed by atoms with Crippen molar-refractivity contribution in [2.24, 2.45) is 0 Å². The molecule has 0 radical (unpaired) electrons. The number of hydrogen-bond acceptors (Lipinski definition) is 2. The van der Waals surface area contributed by atoms with E-state index in [0.29, 0.717) is 0 Å². The van der Waals surface area contributed by atoms with Gasteiger partial charge in [-0.3, -0.25) is 0 Å². The second kappa shape index (κ2) is 6.60. The van der Waals surface area contributed by atoms with Crippen LogP contribution in [0.4, 0.5) is 0 Å². The van der Waals surface area contributed by atoms with Gasteiger partial charge < -0.3 is 4.74 Å². The van der Waals surface area contributed by atoms with E-state index in [-0.39, 0.29) is 5.38 Å². The predicted octanol–water partition coefficient (Wildman–Crippen LogP) is 5.63. The van der Waals surface area contributed by atoms with Crippen LogP contribution in [0.25, 0.3) is 0 Å². The molecule has 0 N–H and O–H groups in total. The molecule has 0 saturated heterocycles. The molecule has 0 aliphatic rings. The molecule has 96 valence electrons. The second-order valence-electron chi connectivity index (χ2n) is 3.96. The van der Waals surface area contributed by atoms with Crippen molar-refractivity contribution in [3.8, 4) is 5.75 Å². The molecule has 2 rings (SSSR count). The summed E-state index contributed by atoms with van der Waals surface area (Å²) in [4.78, 5) is 0. The van der Waals surface area contributed by atoms with E-state index in [0.717, 1.165) is 34.4 Å². The van der Waals surface area contributed by atoms with Gasteiger partial charge >= 0.3 is 0 Å². The van der Waals surface area contributed by atoms with E-state index < -0.39 is 0 Å². The fraction of sp³-hybridized carbons (Fsp3) is 0.286. The lowest BCUT2D eigenvalue weighted by molar-refractivity contribution is 0.315. The van der Waals surface area contributed by atoms with Crippen molar-refractivity contribution in [1.82, 2.24) is 0 Å². The minimum absolute atomic E-state index is 0.104. The topological polar surface area (TPSA) is 9.23 Å². The fourth-order valence-electron chi connectivity index (χ4n) is 1.62. The Morgan fingerprint density at radius 2 is 2.17 bits per heavy atom. The molecular weight excluding hydrogens is 332 g/mol. The first-order valence-corrected chi connectivity index (χ1v) is 7.98. The van der Waals surface area contributed by atoms with Crippen molar-refractivity contribution >= 4 is 38.9 Å². The summed E-state index contributed by atoms with van der Waals surface area (Å²) in [5, 5.41) is 4.01. The molecule has 1 aromatic heterocycles. The molecular formula is C14H14BrClOS. The van der Waals surface area contributed by atoms with Gasteiger partial charge in [-0.05, 0) is 62.4 Å². The van der Waals surface area contributed by atoms with Crippen LogP contribution in [-0.4, -0.2) is 6.61 Å². The summed E-state index contributed by atoms with van der Waals surface area (Å²) in [6.45, 7) is 2.82. The van der Waals surface area contributed by atoms with E-state index in [1.165, 1.54) is 0 Å². The molecule has 1 heterocycles. The molecule has 0 fully saturated rings. The number of alkyl halides is 1. The maximum absolute atomic E-state index is 6.45. The van der Waals surface area contributed by atoms with Gasteiger partial charge in [-0.2, -0.15) is 11.3 Å². The zero-order valence-electron chi connectivity index (χ0n) is 10.0. The minimum Gasteiger partial charge on any atom is -0.492 e. The Balaban J connectivity index is 2.18. The summed E-state index contributed by atoms with van der Waals surface area (Å²) in [5.41, 5.74) is 2.21. The third-order valence-electron chi connectivity index (χ3n) is 2.55. The molecule has 1 aromatic carbocycles. The molecule has 0 aliphatic heterocycles. The van der Waals surface area contributed by atoms with Crippen LogP contribution < -0.4 is 4.74 Å². The highest BCUT2D eigenvalue weighted by Gasteiger charge is 2.13. The van der Waals surface area contributed by atoms with Gasteiger partial charge in [-0.15, -0.1) is 11.6 Å². The van der Waals surface area contributed by atoms with Gasteiger partial charge in [-0.1, -0.05) is 13.0 Å². The Morgan fingerprint density at radius 1 is 1.33 bits per heavy atom. The lowest BCUT2D eigenvalue weighted by Crippen LogP contribution is -1.97. The quantitative estimate of drug-likeness (QED) is 0.638. The Kier molecular flexibility index (Phi) is 5.10. The van der Waals surface area contributed by atoms with Crippen LogP contribution in [0, 0.1) is 0 Å². The van der Waals surface area contributed by atoms with E-state index in [1.54, 1.807) is 11.3 Å². The second-order valence-corrected chi connectivity index (χ2v) is 6.03. The largest absolute Gasteiger partial charge is 0.492 e. The van der Waals surface area contributed by atoms with Gasteiger partial charge in [0.25, 0.3) is 0 Å². The summed E-state index contributed by atoms with van der Waals surface area (Å²) < 4.78 is 6.58. The SMILES string of the molecule is CCCOc1ccc(C(Cl)c2ccsc2)cc1Br. The molecule has 1 atom stereocenters. The molecule has 2 aromatic rings. The third-order valence-corrected chi connectivity index (χ3v) is 4.37. The van der Waals surface area contributed by atoms with Crippen molar-refractivity contribution in [3.05, 3.63) is 50.6 Å².